The first-order valence-corrected chi connectivity index (χ1v) is 8.44. The fraction of sp³-hybridized carbons (Fsp3) is 0.882. The van der Waals surface area contributed by atoms with Crippen LogP contribution < -0.4 is 10.2 Å². The van der Waals surface area contributed by atoms with Gasteiger partial charge in [-0.2, -0.15) is 0 Å². The molecule has 4 nitrogen and oxygen atoms in total. The van der Waals surface area contributed by atoms with E-state index >= 15 is 0 Å². The van der Waals surface area contributed by atoms with Crippen LogP contribution in [-0.2, 0) is 9.59 Å². The van der Waals surface area contributed by atoms with Crippen LogP contribution in [0.1, 0.15) is 90.9 Å². The molecule has 0 heterocycles. The predicted molar refractivity (Wildman–Crippen MR) is 85.0 cm³/mol. The summed E-state index contributed by atoms with van der Waals surface area (Å²) in [4.78, 5) is 22.1. The van der Waals surface area contributed by atoms with Crippen LogP contribution in [0.4, 0.5) is 0 Å². The molecule has 0 aromatic carbocycles. The first-order chi connectivity index (χ1) is 10.0. The molecular formula is C17H30CaO4. The van der Waals surface area contributed by atoms with Crippen LogP contribution in [0, 0.1) is 5.41 Å². The molecule has 0 bridgehead atoms. The van der Waals surface area contributed by atoms with Crippen molar-refractivity contribution in [3.8, 4) is 0 Å². The molecule has 0 saturated heterocycles. The van der Waals surface area contributed by atoms with E-state index in [9.17, 15) is 19.8 Å². The second-order valence-corrected chi connectivity index (χ2v) is 5.94. The summed E-state index contributed by atoms with van der Waals surface area (Å²) in [5, 5.41) is 22.1. The minimum absolute atomic E-state index is 0. The Morgan fingerprint density at radius 1 is 0.727 bits per heavy atom. The second kappa shape index (κ2) is 14.8. The second-order valence-electron chi connectivity index (χ2n) is 5.94. The molecule has 0 aliphatic heterocycles. The van der Waals surface area contributed by atoms with Gasteiger partial charge in [0.2, 0.25) is 0 Å². The molecule has 0 aliphatic rings. The Morgan fingerprint density at radius 3 is 1.41 bits per heavy atom. The van der Waals surface area contributed by atoms with Gasteiger partial charge < -0.3 is 19.8 Å². The van der Waals surface area contributed by atoms with Crippen LogP contribution in [0.3, 0.4) is 0 Å². The van der Waals surface area contributed by atoms with Gasteiger partial charge in [-0.25, -0.2) is 0 Å². The molecule has 0 amide bonds. The van der Waals surface area contributed by atoms with Crippen LogP contribution in [-0.4, -0.2) is 49.7 Å². The van der Waals surface area contributed by atoms with Crippen molar-refractivity contribution in [2.45, 2.75) is 90.9 Å². The third-order valence-corrected chi connectivity index (χ3v) is 4.34. The summed E-state index contributed by atoms with van der Waals surface area (Å²) >= 11 is 0. The summed E-state index contributed by atoms with van der Waals surface area (Å²) in [6, 6.07) is 0. The Bertz CT molecular complexity index is 291. The molecule has 0 unspecified atom stereocenters. The van der Waals surface area contributed by atoms with Gasteiger partial charge in [-0.15, -0.1) is 0 Å². The first kappa shape index (κ1) is 24.5. The van der Waals surface area contributed by atoms with Crippen molar-refractivity contribution >= 4 is 49.7 Å². The number of carboxylic acids is 2. The van der Waals surface area contributed by atoms with Gasteiger partial charge in [-0.1, -0.05) is 78.1 Å². The zero-order chi connectivity index (χ0) is 16.1. The van der Waals surface area contributed by atoms with E-state index in [1.807, 2.05) is 0 Å². The predicted octanol–water partition coefficient (Wildman–Crippen LogP) is 1.81. The molecule has 0 fully saturated rings. The normalized spacial score (nSPS) is 11.0. The van der Waals surface area contributed by atoms with Crippen molar-refractivity contribution in [3.63, 3.8) is 0 Å². The number of hydrogen-bond donors (Lipinski definition) is 0. The maximum atomic E-state index is 11.1. The minimum Gasteiger partial charge on any atom is -0.549 e. The van der Waals surface area contributed by atoms with Crippen molar-refractivity contribution < 1.29 is 19.8 Å². The Balaban J connectivity index is 0. The summed E-state index contributed by atoms with van der Waals surface area (Å²) < 4.78 is 0. The van der Waals surface area contributed by atoms with Gasteiger partial charge in [0.1, 0.15) is 0 Å². The maximum absolute atomic E-state index is 11.1. The summed E-state index contributed by atoms with van der Waals surface area (Å²) in [6.45, 7) is 3.76. The van der Waals surface area contributed by atoms with Gasteiger partial charge in [0.15, 0.2) is 0 Å². The molecule has 0 rings (SSSR count). The summed E-state index contributed by atoms with van der Waals surface area (Å²) in [5.74, 6) is -3.03. The molecule has 0 radical (unpaired) electrons. The van der Waals surface area contributed by atoms with Crippen LogP contribution in [0.2, 0.25) is 0 Å². The zero-order valence-corrected chi connectivity index (χ0v) is 16.5. The number of unbranched alkanes of at least 4 members (excludes halogenated alkanes) is 9. The minimum atomic E-state index is -1.81. The monoisotopic (exact) mass is 338 g/mol. The summed E-state index contributed by atoms with van der Waals surface area (Å²) in [5.41, 5.74) is -1.81. The van der Waals surface area contributed by atoms with Crippen molar-refractivity contribution in [1.29, 1.82) is 0 Å². The Kier molecular flexibility index (Phi) is 16.4. The molecule has 0 aromatic rings. The fourth-order valence-electron chi connectivity index (χ4n) is 2.67. The van der Waals surface area contributed by atoms with E-state index < -0.39 is 17.4 Å². The summed E-state index contributed by atoms with van der Waals surface area (Å²) in [7, 11) is 0. The smallest absolute Gasteiger partial charge is 0.549 e. The number of hydrogen-bond acceptors (Lipinski definition) is 4. The average molecular weight is 339 g/mol. The van der Waals surface area contributed by atoms with Gasteiger partial charge in [0, 0.05) is 5.41 Å². The molecule has 124 valence electrons. The van der Waals surface area contributed by atoms with E-state index in [0.29, 0.717) is 6.42 Å². The number of carbonyl (C=O) groups is 2. The van der Waals surface area contributed by atoms with Crippen molar-refractivity contribution in [3.05, 3.63) is 0 Å². The van der Waals surface area contributed by atoms with Gasteiger partial charge in [-0.05, 0) is 12.8 Å². The van der Waals surface area contributed by atoms with E-state index in [4.69, 9.17) is 0 Å². The molecule has 5 heteroatoms. The number of aliphatic carboxylic acids is 2. The Hall–Kier alpha value is 0.200. The Morgan fingerprint density at radius 2 is 1.09 bits per heavy atom. The molecule has 0 N–H and O–H groups in total. The standard InChI is InChI=1S/C17H32O4.Ca/c1-3-5-6-7-8-9-10-11-12-13-14-17(4-2,15(18)19)16(20)21;/h3-14H2,1-2H3,(H,18,19)(H,20,21);/q;+2/p-2. The van der Waals surface area contributed by atoms with Crippen molar-refractivity contribution in [2.75, 3.05) is 0 Å². The average Bonchev–Trinajstić information content (AvgIpc) is 2.44. The van der Waals surface area contributed by atoms with Crippen molar-refractivity contribution in [2.24, 2.45) is 5.41 Å². The molecule has 0 aliphatic carbocycles. The quantitative estimate of drug-likeness (QED) is 0.275. The Labute approximate surface area is 165 Å². The van der Waals surface area contributed by atoms with Crippen LogP contribution in [0.15, 0.2) is 0 Å². The molecule has 22 heavy (non-hydrogen) atoms. The summed E-state index contributed by atoms with van der Waals surface area (Å²) in [6.07, 6.45) is 11.4. The van der Waals surface area contributed by atoms with E-state index in [2.05, 4.69) is 6.92 Å². The molecule has 0 aromatic heterocycles. The maximum Gasteiger partial charge on any atom is 2.00 e. The number of rotatable bonds is 14. The molecular weight excluding hydrogens is 308 g/mol. The van der Waals surface area contributed by atoms with Crippen LogP contribution in [0.5, 0.6) is 0 Å². The number of carboxylic acid groups (broad SMARTS) is 2. The van der Waals surface area contributed by atoms with Crippen LogP contribution in [0.25, 0.3) is 0 Å². The SMILES string of the molecule is CCCCCCCCCCCCC(CC)(C(=O)[O-])C(=O)[O-].[Ca+2]. The van der Waals surface area contributed by atoms with Crippen molar-refractivity contribution in [1.82, 2.24) is 0 Å². The van der Waals surface area contributed by atoms with E-state index in [1.165, 1.54) is 38.5 Å². The first-order valence-electron chi connectivity index (χ1n) is 8.44. The fourth-order valence-corrected chi connectivity index (χ4v) is 2.67. The van der Waals surface area contributed by atoms with E-state index in [0.717, 1.165) is 19.3 Å². The van der Waals surface area contributed by atoms with E-state index in [1.54, 1.807) is 6.92 Å². The van der Waals surface area contributed by atoms with Gasteiger partial charge >= 0.3 is 37.7 Å². The largest absolute Gasteiger partial charge is 2.00 e. The molecule has 0 saturated carbocycles. The third-order valence-electron chi connectivity index (χ3n) is 4.34. The zero-order valence-electron chi connectivity index (χ0n) is 14.3. The molecule has 0 spiro atoms. The third kappa shape index (κ3) is 9.36. The van der Waals surface area contributed by atoms with Gasteiger partial charge in [0.25, 0.3) is 0 Å². The van der Waals surface area contributed by atoms with E-state index in [-0.39, 0.29) is 50.6 Å². The number of carbonyl (C=O) groups excluding carboxylic acids is 2. The van der Waals surface area contributed by atoms with Gasteiger partial charge in [-0.3, -0.25) is 0 Å². The molecule has 0 atom stereocenters. The van der Waals surface area contributed by atoms with Gasteiger partial charge in [0.05, 0.1) is 11.9 Å². The van der Waals surface area contributed by atoms with Crippen LogP contribution >= 0.6 is 0 Å². The topological polar surface area (TPSA) is 80.3 Å².